The number of likely N-dealkylation sites (tertiary alicyclic amines) is 2. The molecule has 0 radical (unpaired) electrons. The van der Waals surface area contributed by atoms with Crippen LogP contribution in [0, 0.1) is 11.3 Å². The van der Waals surface area contributed by atoms with E-state index in [1.165, 1.54) is 58.4 Å². The Morgan fingerprint density at radius 2 is 2.16 bits per heavy atom. The van der Waals surface area contributed by atoms with Crippen LogP contribution in [0.2, 0.25) is 0 Å². The van der Waals surface area contributed by atoms with E-state index in [-0.39, 0.29) is 0 Å². The molecule has 2 saturated heterocycles. The third kappa shape index (κ3) is 1.92. The van der Waals surface area contributed by atoms with Crippen LogP contribution in [0.25, 0.3) is 0 Å². The molecule has 4 aliphatic rings. The van der Waals surface area contributed by atoms with E-state index in [1.807, 2.05) is 0 Å². The van der Waals surface area contributed by atoms with Gasteiger partial charge in [0.1, 0.15) is 0 Å². The minimum absolute atomic E-state index is 0.572. The summed E-state index contributed by atoms with van der Waals surface area (Å²) in [5.74, 6) is 0.965. The first kappa shape index (κ1) is 12.2. The van der Waals surface area contributed by atoms with E-state index >= 15 is 0 Å². The van der Waals surface area contributed by atoms with Gasteiger partial charge in [-0.2, -0.15) is 0 Å². The van der Waals surface area contributed by atoms with Crippen LogP contribution in [0.4, 0.5) is 0 Å². The minimum atomic E-state index is 0.572. The SMILES string of the molecule is CCN1CC2CC2(C2=CCC(N3CCCC3)C=C2)C1. The second-order valence-corrected chi connectivity index (χ2v) is 6.95. The van der Waals surface area contributed by atoms with Crippen LogP contribution in [0.1, 0.15) is 32.6 Å². The van der Waals surface area contributed by atoms with Gasteiger partial charge in [0.05, 0.1) is 0 Å². The lowest BCUT2D eigenvalue weighted by Gasteiger charge is -2.28. The zero-order valence-corrected chi connectivity index (χ0v) is 12.1. The second-order valence-electron chi connectivity index (χ2n) is 6.95. The molecule has 2 heteroatoms. The highest BCUT2D eigenvalue weighted by Crippen LogP contribution is 2.62. The van der Waals surface area contributed by atoms with Crippen LogP contribution in [0.3, 0.4) is 0 Å². The van der Waals surface area contributed by atoms with Gasteiger partial charge in [-0.1, -0.05) is 25.2 Å². The molecule has 0 bridgehead atoms. The van der Waals surface area contributed by atoms with Crippen LogP contribution in [-0.2, 0) is 0 Å². The quantitative estimate of drug-likeness (QED) is 0.768. The molecule has 3 fully saturated rings. The highest BCUT2D eigenvalue weighted by Gasteiger charge is 2.60. The van der Waals surface area contributed by atoms with Crippen molar-refractivity contribution in [2.45, 2.75) is 38.6 Å². The molecule has 2 nitrogen and oxygen atoms in total. The molecule has 0 amide bonds. The first-order valence-corrected chi connectivity index (χ1v) is 8.17. The van der Waals surface area contributed by atoms with Gasteiger partial charge >= 0.3 is 0 Å². The first-order valence-electron chi connectivity index (χ1n) is 8.17. The summed E-state index contributed by atoms with van der Waals surface area (Å²) in [5.41, 5.74) is 2.24. The molecule has 104 valence electrons. The molecule has 0 spiro atoms. The predicted molar refractivity (Wildman–Crippen MR) is 79.1 cm³/mol. The van der Waals surface area contributed by atoms with Crippen molar-refractivity contribution in [1.82, 2.24) is 9.80 Å². The van der Waals surface area contributed by atoms with E-state index in [2.05, 4.69) is 35.0 Å². The summed E-state index contributed by atoms with van der Waals surface area (Å²) in [7, 11) is 0. The summed E-state index contributed by atoms with van der Waals surface area (Å²) in [6.07, 6.45) is 13.1. The number of hydrogen-bond donors (Lipinski definition) is 0. The van der Waals surface area contributed by atoms with Crippen molar-refractivity contribution in [2.75, 3.05) is 32.7 Å². The molecule has 3 atom stereocenters. The first-order chi connectivity index (χ1) is 9.32. The van der Waals surface area contributed by atoms with Crippen LogP contribution in [0.5, 0.6) is 0 Å². The number of nitrogens with zero attached hydrogens (tertiary/aromatic N) is 2. The van der Waals surface area contributed by atoms with E-state index in [4.69, 9.17) is 0 Å². The van der Waals surface area contributed by atoms with E-state index in [0.717, 1.165) is 5.92 Å². The molecule has 2 aliphatic carbocycles. The van der Waals surface area contributed by atoms with E-state index in [0.29, 0.717) is 11.5 Å². The zero-order valence-electron chi connectivity index (χ0n) is 12.1. The summed E-state index contributed by atoms with van der Waals surface area (Å²) in [6.45, 7) is 8.82. The topological polar surface area (TPSA) is 6.48 Å². The fourth-order valence-electron chi connectivity index (χ4n) is 4.60. The van der Waals surface area contributed by atoms with Gasteiger partial charge in [0.25, 0.3) is 0 Å². The summed E-state index contributed by atoms with van der Waals surface area (Å²) >= 11 is 0. The smallest absolute Gasteiger partial charge is 0.0316 e. The maximum absolute atomic E-state index is 2.67. The molecule has 0 aromatic rings. The molecule has 19 heavy (non-hydrogen) atoms. The van der Waals surface area contributed by atoms with Gasteiger partial charge in [0.2, 0.25) is 0 Å². The Bertz CT molecular complexity index is 419. The Kier molecular flexibility index (Phi) is 2.85. The molecule has 2 aliphatic heterocycles. The largest absolute Gasteiger partial charge is 0.302 e. The highest BCUT2D eigenvalue weighted by atomic mass is 15.2. The molecule has 4 rings (SSSR count). The van der Waals surface area contributed by atoms with Crippen LogP contribution >= 0.6 is 0 Å². The average Bonchev–Trinajstić information content (AvgIpc) is 2.89. The Morgan fingerprint density at radius 1 is 1.32 bits per heavy atom. The monoisotopic (exact) mass is 258 g/mol. The third-order valence-electron chi connectivity index (χ3n) is 5.93. The minimum Gasteiger partial charge on any atom is -0.302 e. The lowest BCUT2D eigenvalue weighted by molar-refractivity contribution is 0.281. The third-order valence-corrected chi connectivity index (χ3v) is 5.93. The van der Waals surface area contributed by atoms with Crippen LogP contribution < -0.4 is 0 Å². The molecule has 2 heterocycles. The summed E-state index contributed by atoms with van der Waals surface area (Å²) in [4.78, 5) is 5.30. The molecule has 3 unspecified atom stereocenters. The number of allylic oxidation sites excluding steroid dienone is 1. The van der Waals surface area contributed by atoms with Crippen molar-refractivity contribution in [2.24, 2.45) is 11.3 Å². The van der Waals surface area contributed by atoms with E-state index in [1.54, 1.807) is 5.57 Å². The lowest BCUT2D eigenvalue weighted by Crippen LogP contribution is -2.32. The van der Waals surface area contributed by atoms with Gasteiger partial charge < -0.3 is 4.90 Å². The fraction of sp³-hybridized carbons (Fsp3) is 0.765. The van der Waals surface area contributed by atoms with Crippen molar-refractivity contribution in [1.29, 1.82) is 0 Å². The van der Waals surface area contributed by atoms with Gasteiger partial charge in [-0.25, -0.2) is 0 Å². The Balaban J connectivity index is 1.44. The predicted octanol–water partition coefficient (Wildman–Crippen LogP) is 2.68. The highest BCUT2D eigenvalue weighted by molar-refractivity contribution is 5.40. The average molecular weight is 258 g/mol. The number of fused-ring (bicyclic) bond motifs is 1. The molecular weight excluding hydrogens is 232 g/mol. The van der Waals surface area contributed by atoms with Crippen molar-refractivity contribution in [3.05, 3.63) is 23.8 Å². The summed E-state index contributed by atoms with van der Waals surface area (Å²) in [6, 6.07) is 0.698. The number of hydrogen-bond acceptors (Lipinski definition) is 2. The maximum Gasteiger partial charge on any atom is 0.0316 e. The van der Waals surface area contributed by atoms with Gasteiger partial charge in [0.15, 0.2) is 0 Å². The van der Waals surface area contributed by atoms with Gasteiger partial charge in [-0.3, -0.25) is 4.90 Å². The molecule has 0 aromatic carbocycles. The summed E-state index contributed by atoms with van der Waals surface area (Å²) in [5, 5.41) is 0. The number of rotatable bonds is 3. The second kappa shape index (κ2) is 4.46. The number of piperidine rings is 1. The van der Waals surface area contributed by atoms with Gasteiger partial charge in [0, 0.05) is 24.5 Å². The van der Waals surface area contributed by atoms with Gasteiger partial charge in [-0.15, -0.1) is 0 Å². The Labute approximate surface area is 117 Å². The Morgan fingerprint density at radius 3 is 2.79 bits per heavy atom. The van der Waals surface area contributed by atoms with Crippen LogP contribution in [0.15, 0.2) is 23.8 Å². The lowest BCUT2D eigenvalue weighted by atomic mass is 9.88. The van der Waals surface area contributed by atoms with Gasteiger partial charge in [-0.05, 0) is 56.8 Å². The van der Waals surface area contributed by atoms with Crippen molar-refractivity contribution in [3.63, 3.8) is 0 Å². The van der Waals surface area contributed by atoms with Crippen molar-refractivity contribution in [3.8, 4) is 0 Å². The molecule has 1 saturated carbocycles. The molecular formula is C17H26N2. The maximum atomic E-state index is 2.67. The Hall–Kier alpha value is -0.600. The van der Waals surface area contributed by atoms with Crippen molar-refractivity contribution < 1.29 is 0 Å². The van der Waals surface area contributed by atoms with Crippen LogP contribution in [-0.4, -0.2) is 48.6 Å². The van der Waals surface area contributed by atoms with E-state index < -0.39 is 0 Å². The van der Waals surface area contributed by atoms with Crippen molar-refractivity contribution >= 4 is 0 Å². The van der Waals surface area contributed by atoms with E-state index in [9.17, 15) is 0 Å². The fourth-order valence-corrected chi connectivity index (χ4v) is 4.60. The summed E-state index contributed by atoms with van der Waals surface area (Å²) < 4.78 is 0. The molecule has 0 aromatic heterocycles. The molecule has 0 N–H and O–H groups in total. The normalized spacial score (nSPS) is 42.5. The standard InChI is InChI=1S/C17H26N2/c1-2-18-12-15-11-17(15,13-18)14-5-7-16(8-6-14)19-9-3-4-10-19/h5-7,15-16H,2-4,8-13H2,1H3. The zero-order chi connectivity index (χ0) is 12.9.